The summed E-state index contributed by atoms with van der Waals surface area (Å²) in [6, 6.07) is 10.7. The number of hydrogen-bond donors (Lipinski definition) is 1. The van der Waals surface area contributed by atoms with E-state index in [-0.39, 0.29) is 11.8 Å². The van der Waals surface area contributed by atoms with Crippen LogP contribution >= 0.6 is 0 Å². The Kier molecular flexibility index (Phi) is 5.58. The molecule has 2 aromatic heterocycles. The molecular weight excluding hydrogens is 428 g/mol. The molecule has 5 rings (SSSR count). The van der Waals surface area contributed by atoms with E-state index in [1.165, 1.54) is 0 Å². The average Bonchev–Trinajstić information content (AvgIpc) is 3.21. The molecule has 2 aliphatic rings. The van der Waals surface area contributed by atoms with Gasteiger partial charge in [0.1, 0.15) is 12.4 Å². The highest BCUT2D eigenvalue weighted by molar-refractivity contribution is 5.81. The quantitative estimate of drug-likeness (QED) is 0.619. The van der Waals surface area contributed by atoms with Gasteiger partial charge in [0.15, 0.2) is 11.6 Å². The van der Waals surface area contributed by atoms with Crippen LogP contribution in [0.4, 0.5) is 5.82 Å². The third-order valence-corrected chi connectivity index (χ3v) is 8.09. The van der Waals surface area contributed by atoms with Crippen LogP contribution in [-0.2, 0) is 16.8 Å². The minimum absolute atomic E-state index is 0.0956. The van der Waals surface area contributed by atoms with Crippen molar-refractivity contribution in [3.05, 3.63) is 41.9 Å². The van der Waals surface area contributed by atoms with Gasteiger partial charge < -0.3 is 14.7 Å². The van der Waals surface area contributed by atoms with E-state index in [2.05, 4.69) is 42.0 Å². The molecule has 0 spiro atoms. The van der Waals surface area contributed by atoms with Crippen LogP contribution in [0.2, 0.25) is 0 Å². The molecule has 8 heteroatoms. The van der Waals surface area contributed by atoms with Gasteiger partial charge in [-0.3, -0.25) is 0 Å². The predicted octanol–water partition coefficient (Wildman–Crippen LogP) is 3.75. The number of ether oxygens (including phenoxy) is 1. The van der Waals surface area contributed by atoms with Crippen molar-refractivity contribution in [2.45, 2.75) is 57.7 Å². The highest BCUT2D eigenvalue weighted by Crippen LogP contribution is 2.44. The van der Waals surface area contributed by atoms with Gasteiger partial charge in [-0.25, -0.2) is 14.6 Å². The first-order valence-corrected chi connectivity index (χ1v) is 12.0. The third-order valence-electron chi connectivity index (χ3n) is 8.09. The summed E-state index contributed by atoms with van der Waals surface area (Å²) in [5, 5.41) is 26.3. The molecule has 1 saturated heterocycles. The average molecular weight is 461 g/mol. The number of anilines is 1. The summed E-state index contributed by atoms with van der Waals surface area (Å²) < 4.78 is 7.19. The Morgan fingerprint density at radius 3 is 2.47 bits per heavy atom. The van der Waals surface area contributed by atoms with Crippen LogP contribution in [0.5, 0.6) is 0 Å². The summed E-state index contributed by atoms with van der Waals surface area (Å²) in [7, 11) is 1.63. The van der Waals surface area contributed by atoms with Crippen LogP contribution in [0.15, 0.2) is 30.5 Å². The van der Waals surface area contributed by atoms with Gasteiger partial charge in [-0.05, 0) is 37.8 Å². The summed E-state index contributed by atoms with van der Waals surface area (Å²) in [4.78, 5) is 11.7. The summed E-state index contributed by atoms with van der Waals surface area (Å²) in [5.41, 5.74) is 0.866. The zero-order chi connectivity index (χ0) is 24.1. The van der Waals surface area contributed by atoms with Gasteiger partial charge in [0.05, 0.1) is 28.8 Å². The van der Waals surface area contributed by atoms with E-state index in [1.807, 2.05) is 29.9 Å². The smallest absolute Gasteiger partial charge is 0.159 e. The van der Waals surface area contributed by atoms with Crippen molar-refractivity contribution in [1.29, 1.82) is 5.26 Å². The number of aromatic nitrogens is 4. The van der Waals surface area contributed by atoms with Crippen molar-refractivity contribution in [2.24, 2.45) is 11.8 Å². The fourth-order valence-corrected chi connectivity index (χ4v) is 5.21. The van der Waals surface area contributed by atoms with E-state index in [1.54, 1.807) is 7.11 Å². The normalized spacial score (nSPS) is 26.3. The number of nitriles is 1. The van der Waals surface area contributed by atoms with Crippen LogP contribution in [-0.4, -0.2) is 50.7 Å². The summed E-state index contributed by atoms with van der Waals surface area (Å²) in [6.45, 7) is 7.78. The highest BCUT2D eigenvalue weighted by atomic mass is 16.5. The topological polar surface area (TPSA) is 100 Å². The number of piperidine rings is 1. The standard InChI is InChI=1S/C26H32N6O2/c1-17-13-31(14-18(2)25(17,3)33)23-11-24(30-22(29-23)15-34-4)32-21-10-20(7-6-19(21)12-28-32)26(16-27)8-5-9-26/h6-7,10-12,17-18,33H,5,8-9,13-15H2,1-4H3/t17-,18+,25?. The third kappa shape index (κ3) is 3.64. The second-order valence-corrected chi connectivity index (χ2v) is 10.2. The Bertz CT molecular complexity index is 1240. The molecule has 1 saturated carbocycles. The number of methoxy groups -OCH3 is 1. The molecule has 8 nitrogen and oxygen atoms in total. The van der Waals surface area contributed by atoms with Crippen molar-refractivity contribution >= 4 is 16.7 Å². The molecule has 3 atom stereocenters. The largest absolute Gasteiger partial charge is 0.389 e. The van der Waals surface area contributed by atoms with Gasteiger partial charge in [-0.1, -0.05) is 26.0 Å². The first-order valence-electron chi connectivity index (χ1n) is 12.0. The lowest BCUT2D eigenvalue weighted by Gasteiger charge is -2.46. The molecule has 34 heavy (non-hydrogen) atoms. The Hall–Kier alpha value is -3.02. The van der Waals surface area contributed by atoms with Crippen LogP contribution < -0.4 is 4.90 Å². The highest BCUT2D eigenvalue weighted by Gasteiger charge is 2.41. The first-order chi connectivity index (χ1) is 16.3. The molecule has 1 aromatic carbocycles. The minimum atomic E-state index is -0.714. The molecule has 1 unspecified atom stereocenters. The van der Waals surface area contributed by atoms with E-state index in [0.717, 1.165) is 41.5 Å². The molecule has 1 N–H and O–H groups in total. The van der Waals surface area contributed by atoms with E-state index < -0.39 is 11.0 Å². The lowest BCUT2D eigenvalue weighted by Crippen LogP contribution is -2.55. The Balaban J connectivity index is 1.58. The van der Waals surface area contributed by atoms with Gasteiger partial charge in [-0.15, -0.1) is 0 Å². The van der Waals surface area contributed by atoms with Crippen molar-refractivity contribution in [3.8, 4) is 11.9 Å². The molecule has 0 amide bonds. The number of hydrogen-bond acceptors (Lipinski definition) is 7. The molecular formula is C26H32N6O2. The van der Waals surface area contributed by atoms with Crippen LogP contribution in [0.3, 0.4) is 0 Å². The van der Waals surface area contributed by atoms with E-state index in [9.17, 15) is 10.4 Å². The maximum Gasteiger partial charge on any atom is 0.159 e. The van der Waals surface area contributed by atoms with E-state index in [0.29, 0.717) is 31.3 Å². The molecule has 0 radical (unpaired) electrons. The lowest BCUT2D eigenvalue weighted by molar-refractivity contribution is -0.0504. The molecule has 0 bridgehead atoms. The summed E-state index contributed by atoms with van der Waals surface area (Å²) in [6.07, 6.45) is 4.71. The van der Waals surface area contributed by atoms with Gasteiger partial charge in [0.25, 0.3) is 0 Å². The second kappa shape index (κ2) is 8.33. The van der Waals surface area contributed by atoms with Crippen LogP contribution in [0.25, 0.3) is 16.7 Å². The fraction of sp³-hybridized carbons (Fsp3) is 0.538. The Morgan fingerprint density at radius 2 is 1.85 bits per heavy atom. The molecule has 3 aromatic rings. The molecule has 178 valence electrons. The number of nitrogens with zero attached hydrogens (tertiary/aromatic N) is 6. The zero-order valence-electron chi connectivity index (χ0n) is 20.3. The van der Waals surface area contributed by atoms with Gasteiger partial charge in [0, 0.05) is 43.5 Å². The first kappa shape index (κ1) is 22.8. The molecule has 3 heterocycles. The monoisotopic (exact) mass is 460 g/mol. The molecule has 1 aliphatic heterocycles. The summed E-state index contributed by atoms with van der Waals surface area (Å²) >= 11 is 0. The van der Waals surface area contributed by atoms with Crippen LogP contribution in [0, 0.1) is 23.2 Å². The second-order valence-electron chi connectivity index (χ2n) is 10.2. The maximum atomic E-state index is 10.9. The Labute approximate surface area is 200 Å². The lowest BCUT2D eigenvalue weighted by atomic mass is 9.65. The van der Waals surface area contributed by atoms with Crippen molar-refractivity contribution in [2.75, 3.05) is 25.1 Å². The van der Waals surface area contributed by atoms with Gasteiger partial charge in [0.2, 0.25) is 0 Å². The Morgan fingerprint density at radius 1 is 1.15 bits per heavy atom. The number of benzene rings is 1. The summed E-state index contributed by atoms with van der Waals surface area (Å²) in [5.74, 6) is 2.25. The van der Waals surface area contributed by atoms with E-state index in [4.69, 9.17) is 14.7 Å². The number of fused-ring (bicyclic) bond motifs is 1. The van der Waals surface area contributed by atoms with Crippen molar-refractivity contribution < 1.29 is 9.84 Å². The van der Waals surface area contributed by atoms with E-state index >= 15 is 0 Å². The predicted molar refractivity (Wildman–Crippen MR) is 130 cm³/mol. The SMILES string of the molecule is COCc1nc(N2C[C@@H](C)C(C)(O)[C@@H](C)C2)cc(-n2ncc3ccc(C4(C#N)CCC4)cc32)n1. The maximum absolute atomic E-state index is 10.9. The number of rotatable bonds is 5. The molecule has 2 fully saturated rings. The zero-order valence-corrected chi connectivity index (χ0v) is 20.3. The van der Waals surface area contributed by atoms with Gasteiger partial charge >= 0.3 is 0 Å². The molecule has 1 aliphatic carbocycles. The van der Waals surface area contributed by atoms with Crippen LogP contribution in [0.1, 0.15) is 51.4 Å². The minimum Gasteiger partial charge on any atom is -0.389 e. The number of aliphatic hydroxyl groups is 1. The fourth-order valence-electron chi connectivity index (χ4n) is 5.21. The van der Waals surface area contributed by atoms with Crippen molar-refractivity contribution in [1.82, 2.24) is 19.7 Å². The van der Waals surface area contributed by atoms with Crippen molar-refractivity contribution in [3.63, 3.8) is 0 Å². The van der Waals surface area contributed by atoms with Gasteiger partial charge in [-0.2, -0.15) is 10.4 Å².